The number of nitrogens with two attached hydrogens (primary N) is 1. The number of carbonyl (C=O) groups excluding carboxylic acids is 3. The number of carbonyl (C=O) groups is 3. The number of esters is 2. The third-order valence-electron chi connectivity index (χ3n) is 6.56. The van der Waals surface area contributed by atoms with E-state index in [1.807, 2.05) is 11.8 Å². The van der Waals surface area contributed by atoms with E-state index in [0.29, 0.717) is 36.8 Å². The third kappa shape index (κ3) is 8.33. The molecule has 15 heteroatoms. The summed E-state index contributed by atoms with van der Waals surface area (Å²) in [6.07, 6.45) is 6.86. The number of imidazole rings is 1. The molecule has 2 fully saturated rings. The Kier molecular flexibility index (Phi) is 10.4. The van der Waals surface area contributed by atoms with Crippen molar-refractivity contribution in [1.82, 2.24) is 30.2 Å². The first-order chi connectivity index (χ1) is 18.9. The molecule has 3 atom stereocenters. The summed E-state index contributed by atoms with van der Waals surface area (Å²) in [6.45, 7) is 0.706. The van der Waals surface area contributed by atoms with Gasteiger partial charge in [-0.2, -0.15) is 16.7 Å². The Morgan fingerprint density at radius 3 is 2.62 bits per heavy atom. The molecular formula is C24H35N7O7S. The Morgan fingerprint density at radius 2 is 1.79 bits per heavy atom. The number of hydrogen-bond donors (Lipinski definition) is 4. The summed E-state index contributed by atoms with van der Waals surface area (Å²) in [6, 6.07) is 0.340. The molecule has 2 aliphatic rings. The number of urea groups is 1. The molecular weight excluding hydrogens is 530 g/mol. The lowest BCUT2D eigenvalue weighted by atomic mass is 10.0. The number of ether oxygens (including phenoxy) is 3. The molecule has 2 aromatic rings. The summed E-state index contributed by atoms with van der Waals surface area (Å²) in [5.41, 5.74) is 5.62. The molecule has 14 nitrogen and oxygen atoms in total. The smallest absolute Gasteiger partial charge is 0.315 e. The summed E-state index contributed by atoms with van der Waals surface area (Å²) in [4.78, 5) is 57.4. The Labute approximate surface area is 229 Å². The van der Waals surface area contributed by atoms with Gasteiger partial charge in [-0.05, 0) is 32.1 Å². The quantitative estimate of drug-likeness (QED) is 0.129. The predicted octanol–water partition coefficient (Wildman–Crippen LogP) is 1.05. The van der Waals surface area contributed by atoms with Gasteiger partial charge in [0.1, 0.15) is 13.3 Å². The van der Waals surface area contributed by atoms with E-state index >= 15 is 0 Å². The molecule has 0 unspecified atom stereocenters. The maximum absolute atomic E-state index is 11.9. The van der Waals surface area contributed by atoms with Crippen molar-refractivity contribution in [1.29, 1.82) is 0 Å². The molecule has 4 heterocycles. The van der Waals surface area contributed by atoms with E-state index in [-0.39, 0.29) is 67.9 Å². The highest BCUT2D eigenvalue weighted by Gasteiger charge is 2.42. The molecule has 0 aromatic carbocycles. The topological polar surface area (TPSA) is 193 Å². The van der Waals surface area contributed by atoms with Crippen LogP contribution in [0.2, 0.25) is 0 Å². The van der Waals surface area contributed by atoms with Crippen LogP contribution in [0.15, 0.2) is 11.1 Å². The number of rotatable bonds is 16. The van der Waals surface area contributed by atoms with Gasteiger partial charge < -0.3 is 30.6 Å². The first kappa shape index (κ1) is 28.7. The fourth-order valence-corrected chi connectivity index (χ4v) is 6.12. The zero-order valence-corrected chi connectivity index (χ0v) is 22.5. The number of nitrogen functional groups attached to an aromatic ring is 1. The van der Waals surface area contributed by atoms with E-state index in [1.165, 1.54) is 10.9 Å². The van der Waals surface area contributed by atoms with Crippen LogP contribution in [0.3, 0.4) is 0 Å². The fraction of sp³-hybridized carbons (Fsp3) is 0.667. The van der Waals surface area contributed by atoms with Crippen molar-refractivity contribution < 1.29 is 28.6 Å². The van der Waals surface area contributed by atoms with Crippen LogP contribution in [0, 0.1) is 0 Å². The first-order valence-electron chi connectivity index (χ1n) is 13.2. The van der Waals surface area contributed by atoms with E-state index < -0.39 is 5.56 Å². The zero-order valence-electron chi connectivity index (χ0n) is 21.7. The van der Waals surface area contributed by atoms with Gasteiger partial charge in [0.05, 0.1) is 31.6 Å². The van der Waals surface area contributed by atoms with Crippen LogP contribution in [-0.4, -0.2) is 80.4 Å². The fourth-order valence-electron chi connectivity index (χ4n) is 4.58. The lowest BCUT2D eigenvalue weighted by molar-refractivity contribution is -0.146. The van der Waals surface area contributed by atoms with E-state index in [4.69, 9.17) is 19.9 Å². The highest BCUT2D eigenvalue weighted by Crippen LogP contribution is 2.33. The van der Waals surface area contributed by atoms with Crippen LogP contribution < -0.4 is 21.9 Å². The average molecular weight is 566 g/mol. The van der Waals surface area contributed by atoms with Gasteiger partial charge in [-0.25, -0.2) is 9.78 Å². The predicted molar refractivity (Wildman–Crippen MR) is 143 cm³/mol. The minimum Gasteiger partial charge on any atom is -0.466 e. The van der Waals surface area contributed by atoms with Crippen molar-refractivity contribution >= 4 is 46.8 Å². The second-order valence-corrected chi connectivity index (χ2v) is 10.8. The molecule has 0 aliphatic carbocycles. The van der Waals surface area contributed by atoms with Gasteiger partial charge in [0, 0.05) is 23.8 Å². The van der Waals surface area contributed by atoms with Crippen molar-refractivity contribution in [3.8, 4) is 0 Å². The molecule has 2 aliphatic heterocycles. The van der Waals surface area contributed by atoms with Gasteiger partial charge in [-0.1, -0.05) is 6.42 Å². The highest BCUT2D eigenvalue weighted by molar-refractivity contribution is 8.00. The average Bonchev–Trinajstić information content (AvgIpc) is 3.58. The summed E-state index contributed by atoms with van der Waals surface area (Å²) < 4.78 is 17.4. The van der Waals surface area contributed by atoms with Gasteiger partial charge in [0.25, 0.3) is 5.56 Å². The lowest BCUT2D eigenvalue weighted by Crippen LogP contribution is -2.36. The third-order valence-corrected chi connectivity index (χ3v) is 8.07. The molecule has 0 spiro atoms. The maximum atomic E-state index is 11.9. The van der Waals surface area contributed by atoms with Crippen LogP contribution in [0.4, 0.5) is 10.7 Å². The van der Waals surface area contributed by atoms with Crippen LogP contribution in [0.5, 0.6) is 0 Å². The second kappa shape index (κ2) is 14.2. The number of nitrogens with one attached hydrogen (secondary N) is 3. The van der Waals surface area contributed by atoms with Crippen LogP contribution in [-0.2, 0) is 30.5 Å². The maximum Gasteiger partial charge on any atom is 0.315 e. The number of anilines is 1. The number of thioether (sulfide) groups is 1. The van der Waals surface area contributed by atoms with Crippen molar-refractivity contribution in [2.75, 3.05) is 31.3 Å². The number of amides is 2. The molecule has 4 rings (SSSR count). The largest absolute Gasteiger partial charge is 0.466 e. The Morgan fingerprint density at radius 1 is 1.03 bits per heavy atom. The molecule has 5 N–H and O–H groups in total. The summed E-state index contributed by atoms with van der Waals surface area (Å²) >= 11 is 1.87. The minimum atomic E-state index is -0.424. The summed E-state index contributed by atoms with van der Waals surface area (Å²) in [5, 5.41) is 6.31. The normalized spacial score (nSPS) is 20.0. The highest BCUT2D eigenvalue weighted by atomic mass is 32.2. The summed E-state index contributed by atoms with van der Waals surface area (Å²) in [7, 11) is 0. The van der Waals surface area contributed by atoms with Crippen LogP contribution >= 0.6 is 11.8 Å². The SMILES string of the molecule is Nc1nc2c(ncn2COCCOC(=O)CCCCCOC(=O)CCCC[C@H]2SC[C@@H]3NC(=O)N[C@@H]32)c(=O)[nH]1. The Balaban J connectivity index is 0.951. The zero-order chi connectivity index (χ0) is 27.6. The molecule has 39 heavy (non-hydrogen) atoms. The lowest BCUT2D eigenvalue weighted by Gasteiger charge is -2.16. The molecule has 2 saturated heterocycles. The number of aromatic amines is 1. The summed E-state index contributed by atoms with van der Waals surface area (Å²) in [5.74, 6) is 0.415. The monoisotopic (exact) mass is 565 g/mol. The molecule has 2 aromatic heterocycles. The Bertz CT molecular complexity index is 1200. The first-order valence-corrected chi connectivity index (χ1v) is 14.2. The van der Waals surface area contributed by atoms with Crippen molar-refractivity contribution in [2.45, 2.75) is 75.4 Å². The van der Waals surface area contributed by atoms with E-state index in [1.54, 1.807) is 0 Å². The number of aromatic nitrogens is 4. The van der Waals surface area contributed by atoms with Gasteiger partial charge in [-0.3, -0.25) is 23.9 Å². The van der Waals surface area contributed by atoms with Crippen molar-refractivity contribution in [2.24, 2.45) is 0 Å². The molecule has 0 radical (unpaired) electrons. The van der Waals surface area contributed by atoms with E-state index in [0.717, 1.165) is 31.4 Å². The van der Waals surface area contributed by atoms with Crippen LogP contribution in [0.25, 0.3) is 11.2 Å². The van der Waals surface area contributed by atoms with Crippen LogP contribution in [0.1, 0.15) is 51.4 Å². The van der Waals surface area contributed by atoms with Crippen molar-refractivity contribution in [3.63, 3.8) is 0 Å². The number of nitrogens with zero attached hydrogens (tertiary/aromatic N) is 3. The minimum absolute atomic E-state index is 0.00967. The van der Waals surface area contributed by atoms with E-state index in [2.05, 4.69) is 25.6 Å². The molecule has 0 saturated carbocycles. The standard InChI is InChI=1S/C24H35N7O7S/c25-23-29-21-20(22(34)30-23)26-13-31(21)14-36-10-11-38-18(33)7-2-1-5-9-37-17(32)8-4-3-6-16-19-15(12-39-16)27-24(35)28-19/h13,15-16,19H,1-12,14H2,(H2,27,28,35)(H3,25,29,30,34)/t15-,16+,19-/m0/s1. The second-order valence-electron chi connectivity index (χ2n) is 9.49. The van der Waals surface area contributed by atoms with Gasteiger partial charge in [0.2, 0.25) is 5.95 Å². The van der Waals surface area contributed by atoms with E-state index in [9.17, 15) is 19.2 Å². The number of H-pyrrole nitrogens is 1. The number of hydrogen-bond acceptors (Lipinski definition) is 11. The Hall–Kier alpha value is -3.33. The molecule has 2 amide bonds. The van der Waals surface area contributed by atoms with Gasteiger partial charge in [-0.15, -0.1) is 0 Å². The van der Waals surface area contributed by atoms with Gasteiger partial charge in [0.15, 0.2) is 11.2 Å². The number of unbranched alkanes of at least 4 members (excludes halogenated alkanes) is 3. The van der Waals surface area contributed by atoms with Gasteiger partial charge >= 0.3 is 18.0 Å². The molecule has 0 bridgehead atoms. The number of fused-ring (bicyclic) bond motifs is 2. The van der Waals surface area contributed by atoms with Crippen molar-refractivity contribution in [3.05, 3.63) is 16.7 Å². The molecule has 214 valence electrons.